The Morgan fingerprint density at radius 1 is 1.23 bits per heavy atom. The normalized spacial score (nSPS) is 25.7. The first kappa shape index (κ1) is 15.3. The number of anilines is 1. The Balaban J connectivity index is 1.80. The van der Waals surface area contributed by atoms with Crippen molar-refractivity contribution in [2.75, 3.05) is 39.1 Å². The van der Waals surface area contributed by atoms with E-state index < -0.39 is 0 Å². The van der Waals surface area contributed by atoms with Gasteiger partial charge in [0.15, 0.2) is 0 Å². The number of likely N-dealkylation sites (tertiary alicyclic amines) is 2. The first-order chi connectivity index (χ1) is 10.6. The van der Waals surface area contributed by atoms with E-state index in [1.54, 1.807) is 6.20 Å². The topological polar surface area (TPSA) is 39.7 Å². The second-order valence-electron chi connectivity index (χ2n) is 6.70. The molecule has 0 aromatic carbocycles. The molecule has 5 heteroatoms. The van der Waals surface area contributed by atoms with Gasteiger partial charge in [0.2, 0.25) is 0 Å². The van der Waals surface area contributed by atoms with E-state index in [0.717, 1.165) is 37.3 Å². The molecule has 0 bridgehead atoms. The zero-order valence-electron chi connectivity index (χ0n) is 13.8. The van der Waals surface area contributed by atoms with Gasteiger partial charge in [-0.1, -0.05) is 0 Å². The molecule has 0 saturated carbocycles. The van der Waals surface area contributed by atoms with Gasteiger partial charge in [-0.3, -0.25) is 4.79 Å². The fourth-order valence-electron chi connectivity index (χ4n) is 3.83. The Kier molecular flexibility index (Phi) is 4.34. The summed E-state index contributed by atoms with van der Waals surface area (Å²) in [5, 5.41) is 0. The number of carbonyl (C=O) groups excluding carboxylic acids is 1. The van der Waals surface area contributed by atoms with Crippen molar-refractivity contribution in [2.45, 2.75) is 37.8 Å². The Morgan fingerprint density at radius 2 is 1.95 bits per heavy atom. The SMILES string of the molecule is CN(C)c1cc(C(=O)N2CCC[C@H]2[C@@H]2CCCN2C)ccn1. The number of nitrogens with zero attached hydrogens (tertiary/aromatic N) is 4. The highest BCUT2D eigenvalue weighted by molar-refractivity contribution is 5.95. The minimum atomic E-state index is 0.160. The number of pyridine rings is 1. The van der Waals surface area contributed by atoms with Crippen LogP contribution >= 0.6 is 0 Å². The molecule has 2 atom stereocenters. The average molecular weight is 302 g/mol. The third-order valence-electron chi connectivity index (χ3n) is 5.03. The maximum Gasteiger partial charge on any atom is 0.254 e. The number of rotatable bonds is 3. The van der Waals surface area contributed by atoms with Crippen LogP contribution in [0.5, 0.6) is 0 Å². The number of likely N-dealkylation sites (N-methyl/N-ethyl adjacent to an activating group) is 1. The minimum absolute atomic E-state index is 0.160. The lowest BCUT2D eigenvalue weighted by Gasteiger charge is -2.33. The number of carbonyl (C=O) groups is 1. The van der Waals surface area contributed by atoms with Gasteiger partial charge in [-0.15, -0.1) is 0 Å². The summed E-state index contributed by atoms with van der Waals surface area (Å²) in [6.45, 7) is 2.04. The van der Waals surface area contributed by atoms with E-state index >= 15 is 0 Å². The van der Waals surface area contributed by atoms with Crippen LogP contribution in [-0.2, 0) is 0 Å². The lowest BCUT2D eigenvalue weighted by Crippen LogP contribution is -2.47. The van der Waals surface area contributed by atoms with Gasteiger partial charge in [-0.2, -0.15) is 0 Å². The molecule has 2 aliphatic heterocycles. The number of hydrogen-bond donors (Lipinski definition) is 0. The fraction of sp³-hybridized carbons (Fsp3) is 0.647. The number of aromatic nitrogens is 1. The summed E-state index contributed by atoms with van der Waals surface area (Å²) in [7, 11) is 6.08. The average Bonchev–Trinajstić information content (AvgIpc) is 3.14. The largest absolute Gasteiger partial charge is 0.363 e. The zero-order valence-corrected chi connectivity index (χ0v) is 13.8. The molecule has 3 heterocycles. The minimum Gasteiger partial charge on any atom is -0.363 e. The predicted molar refractivity (Wildman–Crippen MR) is 88.3 cm³/mol. The van der Waals surface area contributed by atoms with E-state index in [1.165, 1.54) is 12.8 Å². The number of hydrogen-bond acceptors (Lipinski definition) is 4. The third-order valence-corrected chi connectivity index (χ3v) is 5.03. The second-order valence-corrected chi connectivity index (χ2v) is 6.70. The van der Waals surface area contributed by atoms with Crippen LogP contribution in [-0.4, -0.2) is 67.0 Å². The van der Waals surface area contributed by atoms with Crippen LogP contribution in [0.2, 0.25) is 0 Å². The van der Waals surface area contributed by atoms with Gasteiger partial charge in [0, 0.05) is 44.5 Å². The van der Waals surface area contributed by atoms with Gasteiger partial charge in [0.05, 0.1) is 0 Å². The molecule has 3 rings (SSSR count). The van der Waals surface area contributed by atoms with Crippen molar-refractivity contribution in [3.8, 4) is 0 Å². The predicted octanol–water partition coefficient (Wildman–Crippen LogP) is 1.85. The molecule has 0 unspecified atom stereocenters. The standard InChI is InChI=1S/C17H26N4O/c1-19(2)16-12-13(8-9-18-16)17(22)21-11-5-7-15(21)14-6-4-10-20(14)3/h8-9,12,14-15H,4-7,10-11H2,1-3H3/t14-,15-/m0/s1. The summed E-state index contributed by atoms with van der Waals surface area (Å²) in [6, 6.07) is 4.64. The third kappa shape index (κ3) is 2.82. The molecule has 2 saturated heterocycles. The molecular weight excluding hydrogens is 276 g/mol. The number of amides is 1. The molecule has 0 N–H and O–H groups in total. The van der Waals surface area contributed by atoms with Crippen molar-refractivity contribution in [1.29, 1.82) is 0 Å². The Morgan fingerprint density at radius 3 is 2.64 bits per heavy atom. The first-order valence-corrected chi connectivity index (χ1v) is 8.22. The quantitative estimate of drug-likeness (QED) is 0.854. The van der Waals surface area contributed by atoms with Gasteiger partial charge in [-0.25, -0.2) is 4.98 Å². The van der Waals surface area contributed by atoms with Crippen LogP contribution in [0.4, 0.5) is 5.82 Å². The molecule has 2 fully saturated rings. The fourth-order valence-corrected chi connectivity index (χ4v) is 3.83. The van der Waals surface area contributed by atoms with E-state index in [1.807, 2.05) is 31.1 Å². The molecule has 1 aromatic heterocycles. The van der Waals surface area contributed by atoms with Gasteiger partial charge in [-0.05, 0) is 51.4 Å². The second kappa shape index (κ2) is 6.24. The molecule has 1 amide bonds. The van der Waals surface area contributed by atoms with Gasteiger partial charge < -0.3 is 14.7 Å². The maximum atomic E-state index is 13.0. The maximum absolute atomic E-state index is 13.0. The zero-order chi connectivity index (χ0) is 15.7. The summed E-state index contributed by atoms with van der Waals surface area (Å²) in [6.07, 6.45) is 6.44. The Labute approximate surface area is 132 Å². The van der Waals surface area contributed by atoms with E-state index in [4.69, 9.17) is 0 Å². The van der Waals surface area contributed by atoms with Crippen molar-refractivity contribution in [3.63, 3.8) is 0 Å². The van der Waals surface area contributed by atoms with Crippen LogP contribution < -0.4 is 4.90 Å². The first-order valence-electron chi connectivity index (χ1n) is 8.22. The molecule has 0 spiro atoms. The summed E-state index contributed by atoms with van der Waals surface area (Å²) in [5.74, 6) is 0.993. The van der Waals surface area contributed by atoms with Crippen LogP contribution in [0.15, 0.2) is 18.3 Å². The molecule has 1 aromatic rings. The Bertz CT molecular complexity index is 545. The summed E-state index contributed by atoms with van der Waals surface area (Å²) in [4.78, 5) is 23.7. The van der Waals surface area contributed by atoms with Crippen LogP contribution in [0, 0.1) is 0 Å². The van der Waals surface area contributed by atoms with E-state index in [0.29, 0.717) is 12.1 Å². The van der Waals surface area contributed by atoms with Crippen LogP contribution in [0.3, 0.4) is 0 Å². The van der Waals surface area contributed by atoms with Gasteiger partial charge >= 0.3 is 0 Å². The van der Waals surface area contributed by atoms with Crippen LogP contribution in [0.25, 0.3) is 0 Å². The molecule has 22 heavy (non-hydrogen) atoms. The smallest absolute Gasteiger partial charge is 0.254 e. The van der Waals surface area contributed by atoms with Crippen molar-refractivity contribution >= 4 is 11.7 Å². The van der Waals surface area contributed by atoms with Gasteiger partial charge in [0.25, 0.3) is 5.91 Å². The molecule has 2 aliphatic rings. The summed E-state index contributed by atoms with van der Waals surface area (Å²) < 4.78 is 0. The summed E-state index contributed by atoms with van der Waals surface area (Å²) in [5.41, 5.74) is 0.756. The highest BCUT2D eigenvalue weighted by Crippen LogP contribution is 2.30. The van der Waals surface area contributed by atoms with Gasteiger partial charge in [0.1, 0.15) is 5.82 Å². The monoisotopic (exact) mass is 302 g/mol. The highest BCUT2D eigenvalue weighted by Gasteiger charge is 2.38. The highest BCUT2D eigenvalue weighted by atomic mass is 16.2. The van der Waals surface area contributed by atoms with Crippen molar-refractivity contribution < 1.29 is 4.79 Å². The van der Waals surface area contributed by atoms with Crippen molar-refractivity contribution in [1.82, 2.24) is 14.8 Å². The summed E-state index contributed by atoms with van der Waals surface area (Å²) >= 11 is 0. The van der Waals surface area contributed by atoms with E-state index in [-0.39, 0.29) is 5.91 Å². The van der Waals surface area contributed by atoms with E-state index in [9.17, 15) is 4.79 Å². The lowest BCUT2D eigenvalue weighted by atomic mass is 10.0. The molecule has 0 radical (unpaired) electrons. The van der Waals surface area contributed by atoms with Crippen molar-refractivity contribution in [2.24, 2.45) is 0 Å². The molecule has 5 nitrogen and oxygen atoms in total. The van der Waals surface area contributed by atoms with E-state index in [2.05, 4.69) is 21.8 Å². The lowest BCUT2D eigenvalue weighted by molar-refractivity contribution is 0.0664. The van der Waals surface area contributed by atoms with Crippen molar-refractivity contribution in [3.05, 3.63) is 23.9 Å². The molecule has 120 valence electrons. The molecular formula is C17H26N4O. The Hall–Kier alpha value is -1.62. The van der Waals surface area contributed by atoms with Crippen LogP contribution in [0.1, 0.15) is 36.0 Å². The molecule has 0 aliphatic carbocycles.